The summed E-state index contributed by atoms with van der Waals surface area (Å²) in [6, 6.07) is 3.33. The average molecular weight is 471 g/mol. The van der Waals surface area contributed by atoms with Crippen molar-refractivity contribution in [3.63, 3.8) is 0 Å². The number of hydrogen-bond acceptors (Lipinski definition) is 3. The average Bonchev–Trinajstić information content (AvgIpc) is 2.71. The van der Waals surface area contributed by atoms with Crippen molar-refractivity contribution in [3.8, 4) is 0 Å². The highest BCUT2D eigenvalue weighted by molar-refractivity contribution is 8.13. The first kappa shape index (κ1) is 23.9. The summed E-state index contributed by atoms with van der Waals surface area (Å²) in [5.74, 6) is 1.70. The normalized spacial score (nSPS) is 23.2. The fraction of sp³-hybridized carbons (Fsp3) is 0.667. The third-order valence-corrected chi connectivity index (χ3v) is 8.63. The zero-order valence-corrected chi connectivity index (χ0v) is 20.6. The van der Waals surface area contributed by atoms with Crippen LogP contribution in [0, 0.1) is 23.2 Å². The molecule has 1 aromatic rings. The topological polar surface area (TPSA) is 46.2 Å². The number of thioether (sulfide) groups is 1. The quantitative estimate of drug-likeness (QED) is 0.454. The molecule has 1 N–H and O–H groups in total. The molecule has 0 saturated heterocycles. The Balaban J connectivity index is 1.64. The maximum absolute atomic E-state index is 13.0. The molecule has 3 rings (SSSR count). The summed E-state index contributed by atoms with van der Waals surface area (Å²) in [5, 5.41) is 3.82. The number of anilines is 1. The van der Waals surface area contributed by atoms with Crippen LogP contribution in [0.4, 0.5) is 5.69 Å². The molecule has 0 aliphatic heterocycles. The van der Waals surface area contributed by atoms with Crippen LogP contribution >= 0.6 is 35.0 Å². The smallest absolute Gasteiger partial charge is 0.227 e. The van der Waals surface area contributed by atoms with Crippen LogP contribution in [-0.4, -0.2) is 11.0 Å². The summed E-state index contributed by atoms with van der Waals surface area (Å²) in [7, 11) is 0. The molecule has 1 amide bonds. The van der Waals surface area contributed by atoms with Crippen LogP contribution in [0.5, 0.6) is 0 Å². The van der Waals surface area contributed by atoms with Crippen LogP contribution < -0.4 is 5.32 Å². The van der Waals surface area contributed by atoms with Crippen LogP contribution in [0.1, 0.15) is 78.6 Å². The third kappa shape index (κ3) is 6.17. The first-order valence-corrected chi connectivity index (χ1v) is 12.7. The second kappa shape index (κ2) is 10.3. The Morgan fingerprint density at radius 2 is 1.47 bits per heavy atom. The van der Waals surface area contributed by atoms with E-state index in [4.69, 9.17) is 23.2 Å². The van der Waals surface area contributed by atoms with Crippen molar-refractivity contribution in [1.29, 1.82) is 0 Å². The van der Waals surface area contributed by atoms with Gasteiger partial charge in [0, 0.05) is 16.2 Å². The van der Waals surface area contributed by atoms with E-state index in [1.807, 2.05) is 20.8 Å². The molecule has 0 unspecified atom stereocenters. The molecule has 0 bridgehead atoms. The molecule has 2 aliphatic carbocycles. The van der Waals surface area contributed by atoms with Gasteiger partial charge in [-0.3, -0.25) is 9.59 Å². The number of amides is 1. The highest BCUT2D eigenvalue weighted by Crippen LogP contribution is 2.42. The minimum Gasteiger partial charge on any atom is -0.325 e. The van der Waals surface area contributed by atoms with Crippen molar-refractivity contribution in [2.75, 3.05) is 5.32 Å². The fourth-order valence-electron chi connectivity index (χ4n) is 4.66. The van der Waals surface area contributed by atoms with Crippen molar-refractivity contribution in [2.24, 2.45) is 23.2 Å². The van der Waals surface area contributed by atoms with E-state index in [2.05, 4.69) is 5.32 Å². The van der Waals surface area contributed by atoms with E-state index in [0.717, 1.165) is 49.3 Å². The fourth-order valence-corrected chi connectivity index (χ4v) is 5.95. The van der Waals surface area contributed by atoms with Crippen LogP contribution in [0.3, 0.4) is 0 Å². The van der Waals surface area contributed by atoms with Gasteiger partial charge in [-0.25, -0.2) is 0 Å². The highest BCUT2D eigenvalue weighted by Gasteiger charge is 2.32. The predicted octanol–water partition coefficient (Wildman–Crippen LogP) is 7.98. The second-order valence-electron chi connectivity index (χ2n) is 9.90. The number of carbonyl (C=O) groups excluding carboxylic acids is 2. The molecule has 2 saturated carbocycles. The lowest BCUT2D eigenvalue weighted by atomic mass is 9.71. The molecule has 166 valence electrons. The van der Waals surface area contributed by atoms with E-state index < -0.39 is 5.41 Å². The van der Waals surface area contributed by atoms with E-state index in [9.17, 15) is 9.59 Å². The Kier molecular flexibility index (Phi) is 8.20. The van der Waals surface area contributed by atoms with Crippen molar-refractivity contribution in [3.05, 3.63) is 22.2 Å². The lowest BCUT2D eigenvalue weighted by Crippen LogP contribution is -2.30. The summed E-state index contributed by atoms with van der Waals surface area (Å²) in [4.78, 5) is 26.2. The standard InChI is InChI=1S/C24H33Cl2NO2S/c1-24(2,3)23(29)30-21-14-19(26)18(25)13-20(21)27-22(28)17-11-9-16(10-12-17)15-7-5-4-6-8-15/h13-17H,4-12H2,1-3H3,(H,27,28). The number of carbonyl (C=O) groups is 2. The Labute approximate surface area is 195 Å². The van der Waals surface area contributed by atoms with E-state index in [0.29, 0.717) is 20.6 Å². The molecule has 30 heavy (non-hydrogen) atoms. The van der Waals surface area contributed by atoms with Gasteiger partial charge in [-0.15, -0.1) is 0 Å². The number of rotatable bonds is 4. The van der Waals surface area contributed by atoms with Crippen LogP contribution in [0.15, 0.2) is 17.0 Å². The van der Waals surface area contributed by atoms with Gasteiger partial charge in [-0.1, -0.05) is 76.1 Å². The highest BCUT2D eigenvalue weighted by atomic mass is 35.5. The van der Waals surface area contributed by atoms with Gasteiger partial charge in [-0.2, -0.15) is 0 Å². The zero-order chi connectivity index (χ0) is 21.9. The maximum atomic E-state index is 13.0. The lowest BCUT2D eigenvalue weighted by molar-refractivity contribution is -0.121. The molecule has 1 aromatic carbocycles. The molecule has 0 radical (unpaired) electrons. The first-order chi connectivity index (χ1) is 14.1. The largest absolute Gasteiger partial charge is 0.325 e. The van der Waals surface area contributed by atoms with E-state index >= 15 is 0 Å². The minimum absolute atomic E-state index is 0.0179. The van der Waals surface area contributed by atoms with Crippen LogP contribution in [-0.2, 0) is 9.59 Å². The summed E-state index contributed by atoms with van der Waals surface area (Å²) in [6.45, 7) is 5.63. The first-order valence-electron chi connectivity index (χ1n) is 11.2. The Morgan fingerprint density at radius 3 is 2.07 bits per heavy atom. The summed E-state index contributed by atoms with van der Waals surface area (Å²) < 4.78 is 0. The van der Waals surface area contributed by atoms with Gasteiger partial charge in [0.1, 0.15) is 0 Å². The summed E-state index contributed by atoms with van der Waals surface area (Å²) >= 11 is 13.5. The van der Waals surface area contributed by atoms with Gasteiger partial charge in [-0.05, 0) is 61.4 Å². The van der Waals surface area contributed by atoms with Crippen LogP contribution in [0.2, 0.25) is 10.0 Å². The van der Waals surface area contributed by atoms with Gasteiger partial charge in [0.15, 0.2) is 5.12 Å². The molecule has 0 aromatic heterocycles. The molecule has 3 nitrogen and oxygen atoms in total. The SMILES string of the molecule is CC(C)(C)C(=O)Sc1cc(Cl)c(Cl)cc1NC(=O)C1CCC(C2CCCCC2)CC1. The lowest BCUT2D eigenvalue weighted by Gasteiger charge is -2.35. The molecule has 2 aliphatic rings. The van der Waals surface area contributed by atoms with Gasteiger partial charge < -0.3 is 5.32 Å². The number of hydrogen-bond donors (Lipinski definition) is 1. The Bertz CT molecular complexity index is 776. The molecule has 0 atom stereocenters. The molecular weight excluding hydrogens is 437 g/mol. The number of nitrogens with one attached hydrogen (secondary N) is 1. The number of halogens is 2. The summed E-state index contributed by atoms with van der Waals surface area (Å²) in [5.41, 5.74) is 0.0849. The predicted molar refractivity (Wildman–Crippen MR) is 127 cm³/mol. The van der Waals surface area contributed by atoms with Crippen LogP contribution in [0.25, 0.3) is 0 Å². The maximum Gasteiger partial charge on any atom is 0.227 e. The minimum atomic E-state index is -0.491. The molecule has 0 heterocycles. The Morgan fingerprint density at radius 1 is 0.900 bits per heavy atom. The zero-order valence-electron chi connectivity index (χ0n) is 18.2. The monoisotopic (exact) mass is 469 g/mol. The second-order valence-corrected chi connectivity index (χ2v) is 11.7. The van der Waals surface area contributed by atoms with Gasteiger partial charge >= 0.3 is 0 Å². The van der Waals surface area contributed by atoms with Gasteiger partial charge in [0.2, 0.25) is 5.91 Å². The van der Waals surface area contributed by atoms with Crippen molar-refractivity contribution in [1.82, 2.24) is 0 Å². The molecular formula is C24H33Cl2NO2S. The van der Waals surface area contributed by atoms with Crippen molar-refractivity contribution in [2.45, 2.75) is 83.5 Å². The van der Waals surface area contributed by atoms with E-state index in [1.165, 1.54) is 32.1 Å². The Hall–Kier alpha value is -0.710. The van der Waals surface area contributed by atoms with Crippen molar-refractivity contribution < 1.29 is 9.59 Å². The van der Waals surface area contributed by atoms with E-state index in [-0.39, 0.29) is 16.9 Å². The van der Waals surface area contributed by atoms with Crippen molar-refractivity contribution >= 4 is 51.7 Å². The number of benzene rings is 1. The molecule has 6 heteroatoms. The van der Waals surface area contributed by atoms with Gasteiger partial charge in [0.05, 0.1) is 15.7 Å². The molecule has 2 fully saturated rings. The van der Waals surface area contributed by atoms with E-state index in [1.54, 1.807) is 12.1 Å². The van der Waals surface area contributed by atoms with Gasteiger partial charge in [0.25, 0.3) is 0 Å². The third-order valence-electron chi connectivity index (χ3n) is 6.55. The molecule has 0 spiro atoms. The summed E-state index contributed by atoms with van der Waals surface area (Å²) in [6.07, 6.45) is 11.0.